The molecule has 0 unspecified atom stereocenters. The van der Waals surface area contributed by atoms with Crippen molar-refractivity contribution in [3.8, 4) is 11.3 Å². The highest BCUT2D eigenvalue weighted by atomic mass is 19.4. The third-order valence-electron chi connectivity index (χ3n) is 5.16. The number of amides is 1. The number of halogens is 4. The number of hydrogen-bond donors (Lipinski definition) is 1. The van der Waals surface area contributed by atoms with Crippen LogP contribution < -0.4 is 5.32 Å². The summed E-state index contributed by atoms with van der Waals surface area (Å²) in [5, 5.41) is 14.8. The highest BCUT2D eigenvalue weighted by Crippen LogP contribution is 2.34. The second kappa shape index (κ2) is 7.54. The molecule has 1 aromatic carbocycles. The number of aryl methyl sites for hydroxylation is 1. The van der Waals surface area contributed by atoms with Crippen molar-refractivity contribution in [2.24, 2.45) is 13.0 Å². The molecular weight excluding hydrogens is 404 g/mol. The lowest BCUT2D eigenvalue weighted by molar-refractivity contribution is -0.179. The van der Waals surface area contributed by atoms with Crippen molar-refractivity contribution in [1.29, 1.82) is 0 Å². The topological polar surface area (TPSA) is 77.6 Å². The van der Waals surface area contributed by atoms with E-state index < -0.39 is 18.0 Å². The number of carbonyl (C=O) groups is 1. The SMILES string of the molecule is Cn1nc(-c2ccc(F)cc2)cc1C(=O)NCc1nnc2n1CC[C@H](C(F)(F)F)C2. The number of nitrogens with one attached hydrogen (secondary N) is 1. The Kier molecular flexibility index (Phi) is 5.04. The average molecular weight is 422 g/mol. The van der Waals surface area contributed by atoms with E-state index in [2.05, 4.69) is 20.6 Å². The number of fused-ring (bicyclic) bond motifs is 1. The van der Waals surface area contributed by atoms with Gasteiger partial charge in [-0.2, -0.15) is 18.3 Å². The minimum atomic E-state index is -4.26. The second-order valence-corrected chi connectivity index (χ2v) is 7.14. The van der Waals surface area contributed by atoms with Crippen molar-refractivity contribution in [3.05, 3.63) is 53.5 Å². The van der Waals surface area contributed by atoms with Crippen LogP contribution in [0.15, 0.2) is 30.3 Å². The van der Waals surface area contributed by atoms with E-state index >= 15 is 0 Å². The molecule has 0 spiro atoms. The highest BCUT2D eigenvalue weighted by Gasteiger charge is 2.42. The van der Waals surface area contributed by atoms with E-state index in [0.29, 0.717) is 17.1 Å². The van der Waals surface area contributed by atoms with Gasteiger partial charge in [0.15, 0.2) is 5.82 Å². The molecule has 1 N–H and O–H groups in total. The Bertz CT molecular complexity index is 1070. The van der Waals surface area contributed by atoms with Crippen LogP contribution in [0.2, 0.25) is 0 Å². The van der Waals surface area contributed by atoms with Gasteiger partial charge in [0, 0.05) is 25.6 Å². The van der Waals surface area contributed by atoms with E-state index in [1.165, 1.54) is 16.8 Å². The minimum absolute atomic E-state index is 0.0274. The molecule has 0 radical (unpaired) electrons. The van der Waals surface area contributed by atoms with Crippen LogP contribution in [0.5, 0.6) is 0 Å². The summed E-state index contributed by atoms with van der Waals surface area (Å²) in [7, 11) is 1.61. The predicted molar refractivity (Wildman–Crippen MR) is 97.7 cm³/mol. The predicted octanol–water partition coefficient (Wildman–Crippen LogP) is 2.87. The van der Waals surface area contributed by atoms with Gasteiger partial charge in [-0.3, -0.25) is 9.48 Å². The van der Waals surface area contributed by atoms with E-state index in [-0.39, 0.29) is 43.3 Å². The quantitative estimate of drug-likeness (QED) is 0.656. The van der Waals surface area contributed by atoms with Crippen LogP contribution in [-0.2, 0) is 26.6 Å². The van der Waals surface area contributed by atoms with E-state index in [0.717, 1.165) is 0 Å². The first-order chi connectivity index (χ1) is 14.2. The largest absolute Gasteiger partial charge is 0.392 e. The van der Waals surface area contributed by atoms with Crippen molar-refractivity contribution >= 4 is 5.91 Å². The van der Waals surface area contributed by atoms with Crippen LogP contribution in [0.3, 0.4) is 0 Å². The number of hydrogen-bond acceptors (Lipinski definition) is 4. The van der Waals surface area contributed by atoms with Gasteiger partial charge in [-0.05, 0) is 36.8 Å². The number of nitrogens with zero attached hydrogens (tertiary/aromatic N) is 5. The van der Waals surface area contributed by atoms with Crippen LogP contribution in [0.1, 0.15) is 28.6 Å². The Hall–Kier alpha value is -3.24. The lowest BCUT2D eigenvalue weighted by Gasteiger charge is -2.25. The number of aromatic nitrogens is 5. The van der Waals surface area contributed by atoms with E-state index in [4.69, 9.17) is 0 Å². The van der Waals surface area contributed by atoms with E-state index in [1.807, 2.05) is 0 Å². The van der Waals surface area contributed by atoms with Gasteiger partial charge in [-0.1, -0.05) is 0 Å². The van der Waals surface area contributed by atoms with Crippen LogP contribution in [0, 0.1) is 11.7 Å². The van der Waals surface area contributed by atoms with Crippen LogP contribution in [-0.4, -0.2) is 36.6 Å². The molecule has 3 aromatic rings. The van der Waals surface area contributed by atoms with Crippen molar-refractivity contribution in [3.63, 3.8) is 0 Å². The molecule has 0 saturated carbocycles. The van der Waals surface area contributed by atoms with Gasteiger partial charge in [-0.15, -0.1) is 10.2 Å². The van der Waals surface area contributed by atoms with Gasteiger partial charge < -0.3 is 9.88 Å². The molecule has 4 rings (SSSR count). The van der Waals surface area contributed by atoms with Crippen molar-refractivity contribution in [2.75, 3.05) is 0 Å². The maximum atomic E-state index is 13.1. The summed E-state index contributed by atoms with van der Waals surface area (Å²) in [5.74, 6) is -1.53. The molecule has 0 fully saturated rings. The first kappa shape index (κ1) is 20.0. The highest BCUT2D eigenvalue weighted by molar-refractivity contribution is 5.93. The fourth-order valence-corrected chi connectivity index (χ4v) is 3.49. The van der Waals surface area contributed by atoms with Gasteiger partial charge in [0.05, 0.1) is 18.2 Å². The molecule has 3 heterocycles. The van der Waals surface area contributed by atoms with Crippen molar-refractivity contribution in [2.45, 2.75) is 32.1 Å². The van der Waals surface area contributed by atoms with Crippen LogP contribution in [0.25, 0.3) is 11.3 Å². The van der Waals surface area contributed by atoms with Gasteiger partial charge in [0.2, 0.25) is 0 Å². The zero-order valence-corrected chi connectivity index (χ0v) is 15.9. The molecule has 0 aliphatic carbocycles. The molecule has 158 valence electrons. The Balaban J connectivity index is 1.44. The smallest absolute Gasteiger partial charge is 0.343 e. The molecule has 1 amide bonds. The number of carbonyl (C=O) groups excluding carboxylic acids is 1. The summed E-state index contributed by atoms with van der Waals surface area (Å²) in [6, 6.07) is 7.32. The Morgan fingerprint density at radius 2 is 1.97 bits per heavy atom. The minimum Gasteiger partial charge on any atom is -0.343 e. The Morgan fingerprint density at radius 3 is 2.67 bits per heavy atom. The molecule has 1 aliphatic heterocycles. The zero-order chi connectivity index (χ0) is 21.5. The zero-order valence-electron chi connectivity index (χ0n) is 15.9. The summed E-state index contributed by atoms with van der Waals surface area (Å²) < 4.78 is 54.9. The maximum Gasteiger partial charge on any atom is 0.392 e. The first-order valence-electron chi connectivity index (χ1n) is 9.28. The molecule has 2 aromatic heterocycles. The lowest BCUT2D eigenvalue weighted by atomic mass is 9.97. The molecular formula is C19H18F4N6O. The third kappa shape index (κ3) is 3.91. The Morgan fingerprint density at radius 1 is 1.23 bits per heavy atom. The van der Waals surface area contributed by atoms with Crippen molar-refractivity contribution < 1.29 is 22.4 Å². The molecule has 0 bridgehead atoms. The Labute approximate surface area is 168 Å². The van der Waals surface area contributed by atoms with Crippen LogP contribution in [0.4, 0.5) is 17.6 Å². The first-order valence-corrected chi connectivity index (χ1v) is 9.28. The molecule has 7 nitrogen and oxygen atoms in total. The number of alkyl halides is 3. The third-order valence-corrected chi connectivity index (χ3v) is 5.16. The summed E-state index contributed by atoms with van der Waals surface area (Å²) in [6.07, 6.45) is -4.52. The molecule has 1 atom stereocenters. The van der Waals surface area contributed by atoms with E-state index in [9.17, 15) is 22.4 Å². The van der Waals surface area contributed by atoms with Gasteiger partial charge in [0.1, 0.15) is 17.3 Å². The van der Waals surface area contributed by atoms with Gasteiger partial charge >= 0.3 is 6.18 Å². The van der Waals surface area contributed by atoms with Gasteiger partial charge in [0.25, 0.3) is 5.91 Å². The van der Waals surface area contributed by atoms with Crippen molar-refractivity contribution in [1.82, 2.24) is 29.9 Å². The number of rotatable bonds is 4. The van der Waals surface area contributed by atoms with E-state index in [1.54, 1.807) is 29.8 Å². The molecule has 1 aliphatic rings. The monoisotopic (exact) mass is 422 g/mol. The fraction of sp³-hybridized carbons (Fsp3) is 0.368. The summed E-state index contributed by atoms with van der Waals surface area (Å²) >= 11 is 0. The fourth-order valence-electron chi connectivity index (χ4n) is 3.49. The summed E-state index contributed by atoms with van der Waals surface area (Å²) in [4.78, 5) is 12.6. The average Bonchev–Trinajstić information content (AvgIpc) is 3.29. The maximum absolute atomic E-state index is 13.1. The lowest BCUT2D eigenvalue weighted by Crippen LogP contribution is -2.32. The molecule has 0 saturated heterocycles. The second-order valence-electron chi connectivity index (χ2n) is 7.14. The number of benzene rings is 1. The van der Waals surface area contributed by atoms with Gasteiger partial charge in [-0.25, -0.2) is 4.39 Å². The normalized spacial score (nSPS) is 16.4. The standard InChI is InChI=1S/C19H18F4N6O/c1-28-15(9-14(27-28)11-2-4-13(20)5-3-11)18(30)24-10-17-26-25-16-8-12(19(21,22)23)6-7-29(16)17/h2-5,9,12H,6-8,10H2,1H3,(H,24,30)/t12-/m0/s1. The molecule has 11 heteroatoms. The molecule has 30 heavy (non-hydrogen) atoms. The van der Waals surface area contributed by atoms with Crippen LogP contribution >= 0.6 is 0 Å². The summed E-state index contributed by atoms with van der Waals surface area (Å²) in [5.41, 5.74) is 1.46. The summed E-state index contributed by atoms with van der Waals surface area (Å²) in [6.45, 7) is 0.178.